The number of hydrogen-bond acceptors (Lipinski definition) is 3. The third-order valence-corrected chi connectivity index (χ3v) is 5.78. The normalized spacial score (nSPS) is 16.8. The molecule has 1 aliphatic rings. The van der Waals surface area contributed by atoms with Crippen LogP contribution < -0.4 is 5.32 Å². The van der Waals surface area contributed by atoms with E-state index in [4.69, 9.17) is 0 Å². The third kappa shape index (κ3) is 5.57. The van der Waals surface area contributed by atoms with Crippen LogP contribution in [0.25, 0.3) is 0 Å². The Balaban J connectivity index is 1.40. The maximum absolute atomic E-state index is 11.2. The van der Waals surface area contributed by atoms with E-state index < -0.39 is 0 Å². The predicted octanol–water partition coefficient (Wildman–Crippen LogP) is 4.19. The number of nitrogens with one attached hydrogen (secondary N) is 1. The molecule has 156 valence electrons. The lowest BCUT2D eigenvalue weighted by molar-refractivity contribution is -0.114. The molecule has 0 bridgehead atoms. The van der Waals surface area contributed by atoms with Gasteiger partial charge in [-0.15, -0.1) is 0 Å². The first-order valence-electron chi connectivity index (χ1n) is 10.8. The summed E-state index contributed by atoms with van der Waals surface area (Å²) in [6.07, 6.45) is 5.24. The van der Waals surface area contributed by atoms with Gasteiger partial charge in [0.15, 0.2) is 5.82 Å². The van der Waals surface area contributed by atoms with E-state index >= 15 is 0 Å². The number of amides is 1. The fourth-order valence-electron chi connectivity index (χ4n) is 4.44. The van der Waals surface area contributed by atoms with Gasteiger partial charge in [-0.25, -0.2) is 0 Å². The maximum atomic E-state index is 11.2. The van der Waals surface area contributed by atoms with E-state index in [0.717, 1.165) is 38.9 Å². The van der Waals surface area contributed by atoms with Crippen molar-refractivity contribution in [3.05, 3.63) is 84.1 Å². The van der Waals surface area contributed by atoms with Crippen LogP contribution in [0.1, 0.15) is 30.5 Å². The first-order valence-corrected chi connectivity index (χ1v) is 10.8. The highest BCUT2D eigenvalue weighted by Gasteiger charge is 2.26. The van der Waals surface area contributed by atoms with E-state index in [1.54, 1.807) is 0 Å². The van der Waals surface area contributed by atoms with Crippen molar-refractivity contribution in [1.82, 2.24) is 14.7 Å². The molecule has 2 heterocycles. The molecule has 0 aliphatic carbocycles. The molecule has 0 saturated carbocycles. The molecule has 1 fully saturated rings. The van der Waals surface area contributed by atoms with Gasteiger partial charge in [-0.05, 0) is 36.3 Å². The molecule has 3 aromatic rings. The van der Waals surface area contributed by atoms with E-state index in [-0.39, 0.29) is 5.91 Å². The van der Waals surface area contributed by atoms with Crippen LogP contribution in [0.15, 0.2) is 72.9 Å². The Morgan fingerprint density at radius 3 is 2.27 bits per heavy atom. The van der Waals surface area contributed by atoms with Gasteiger partial charge in [-0.3, -0.25) is 9.48 Å². The summed E-state index contributed by atoms with van der Waals surface area (Å²) in [4.78, 5) is 13.8. The second kappa shape index (κ2) is 9.72. The van der Waals surface area contributed by atoms with Gasteiger partial charge in [0, 0.05) is 38.8 Å². The zero-order valence-electron chi connectivity index (χ0n) is 17.6. The largest absolute Gasteiger partial charge is 0.309 e. The lowest BCUT2D eigenvalue weighted by Gasteiger charge is -2.24. The average Bonchev–Trinajstić information content (AvgIpc) is 3.38. The first kappa shape index (κ1) is 20.4. The molecule has 1 aromatic heterocycles. The number of carbonyl (C=O) groups excluding carboxylic acids is 1. The molecule has 0 radical (unpaired) electrons. The summed E-state index contributed by atoms with van der Waals surface area (Å²) in [5.41, 5.74) is 2.81. The molecule has 2 aromatic carbocycles. The lowest BCUT2D eigenvalue weighted by atomic mass is 9.92. The van der Waals surface area contributed by atoms with E-state index in [1.807, 2.05) is 16.9 Å². The number of likely N-dealkylation sites (tertiary alicyclic amines) is 1. The van der Waals surface area contributed by atoms with Crippen LogP contribution in [0, 0.1) is 5.92 Å². The first-order chi connectivity index (χ1) is 14.7. The van der Waals surface area contributed by atoms with E-state index in [1.165, 1.54) is 18.1 Å². The van der Waals surface area contributed by atoms with Crippen molar-refractivity contribution >= 4 is 11.7 Å². The summed E-state index contributed by atoms with van der Waals surface area (Å²) in [6.45, 7) is 4.68. The highest BCUT2D eigenvalue weighted by Crippen LogP contribution is 2.25. The predicted molar refractivity (Wildman–Crippen MR) is 120 cm³/mol. The van der Waals surface area contributed by atoms with Gasteiger partial charge in [0.25, 0.3) is 0 Å². The van der Waals surface area contributed by atoms with Crippen molar-refractivity contribution in [2.45, 2.75) is 32.2 Å². The van der Waals surface area contributed by atoms with Crippen LogP contribution in [-0.4, -0.2) is 40.2 Å². The van der Waals surface area contributed by atoms with Crippen molar-refractivity contribution in [2.75, 3.05) is 25.0 Å². The number of carbonyl (C=O) groups is 1. The van der Waals surface area contributed by atoms with Gasteiger partial charge in [0.1, 0.15) is 0 Å². The minimum Gasteiger partial charge on any atom is -0.309 e. The van der Waals surface area contributed by atoms with Gasteiger partial charge in [-0.1, -0.05) is 60.7 Å². The Hall–Kier alpha value is -2.92. The minimum atomic E-state index is -0.0852. The van der Waals surface area contributed by atoms with Crippen LogP contribution in [-0.2, 0) is 17.6 Å². The number of anilines is 1. The van der Waals surface area contributed by atoms with E-state index in [0.29, 0.717) is 17.8 Å². The molecule has 30 heavy (non-hydrogen) atoms. The van der Waals surface area contributed by atoms with Crippen molar-refractivity contribution < 1.29 is 4.79 Å². The lowest BCUT2D eigenvalue weighted by Crippen LogP contribution is -2.30. The fraction of sp³-hybridized carbons (Fsp3) is 0.360. The second-order valence-electron chi connectivity index (χ2n) is 8.31. The SMILES string of the molecule is CC(=O)Nc1ccn([C@@H]2CCN(CC(Cc3ccccc3)Cc3ccccc3)C2)n1. The molecule has 0 spiro atoms. The van der Waals surface area contributed by atoms with Gasteiger partial charge in [-0.2, -0.15) is 5.10 Å². The van der Waals surface area contributed by atoms with Crippen LogP contribution >= 0.6 is 0 Å². The van der Waals surface area contributed by atoms with E-state index in [9.17, 15) is 4.79 Å². The second-order valence-corrected chi connectivity index (χ2v) is 8.31. The van der Waals surface area contributed by atoms with Gasteiger partial charge in [0.2, 0.25) is 5.91 Å². The molecule has 5 heteroatoms. The van der Waals surface area contributed by atoms with Crippen LogP contribution in [0.3, 0.4) is 0 Å². The summed E-state index contributed by atoms with van der Waals surface area (Å²) in [6, 6.07) is 23.9. The smallest absolute Gasteiger partial charge is 0.222 e. The van der Waals surface area contributed by atoms with Crippen molar-refractivity contribution in [2.24, 2.45) is 5.92 Å². The Bertz CT molecular complexity index is 897. The highest BCUT2D eigenvalue weighted by molar-refractivity contribution is 5.87. The molecule has 4 rings (SSSR count). The molecule has 1 saturated heterocycles. The molecule has 1 atom stereocenters. The summed E-state index contributed by atoms with van der Waals surface area (Å²) in [5.74, 6) is 1.12. The highest BCUT2D eigenvalue weighted by atomic mass is 16.1. The quantitative estimate of drug-likeness (QED) is 0.615. The molecule has 5 nitrogen and oxygen atoms in total. The third-order valence-electron chi connectivity index (χ3n) is 5.78. The van der Waals surface area contributed by atoms with Gasteiger partial charge >= 0.3 is 0 Å². The molecule has 1 amide bonds. The number of aromatic nitrogens is 2. The zero-order valence-corrected chi connectivity index (χ0v) is 17.6. The van der Waals surface area contributed by atoms with Crippen molar-refractivity contribution in [1.29, 1.82) is 0 Å². The molecule has 0 unspecified atom stereocenters. The Labute approximate surface area is 178 Å². The summed E-state index contributed by atoms with van der Waals surface area (Å²) in [7, 11) is 0. The number of benzene rings is 2. The number of nitrogens with zero attached hydrogens (tertiary/aromatic N) is 3. The average molecular weight is 403 g/mol. The number of rotatable bonds is 8. The maximum Gasteiger partial charge on any atom is 0.222 e. The van der Waals surface area contributed by atoms with Crippen molar-refractivity contribution in [3.63, 3.8) is 0 Å². The Kier molecular flexibility index (Phi) is 6.60. The topological polar surface area (TPSA) is 50.2 Å². The molecular weight excluding hydrogens is 372 g/mol. The van der Waals surface area contributed by atoms with E-state index in [2.05, 4.69) is 76.0 Å². The Morgan fingerprint density at radius 1 is 1.03 bits per heavy atom. The summed E-state index contributed by atoms with van der Waals surface area (Å²) < 4.78 is 2.01. The molecule has 1 N–H and O–H groups in total. The van der Waals surface area contributed by atoms with Gasteiger partial charge < -0.3 is 10.2 Å². The molecule has 1 aliphatic heterocycles. The van der Waals surface area contributed by atoms with Crippen LogP contribution in [0.2, 0.25) is 0 Å². The monoisotopic (exact) mass is 402 g/mol. The van der Waals surface area contributed by atoms with Gasteiger partial charge in [0.05, 0.1) is 6.04 Å². The summed E-state index contributed by atoms with van der Waals surface area (Å²) >= 11 is 0. The van der Waals surface area contributed by atoms with Crippen LogP contribution in [0.4, 0.5) is 5.82 Å². The number of hydrogen-bond donors (Lipinski definition) is 1. The minimum absolute atomic E-state index is 0.0852. The Morgan fingerprint density at radius 2 is 1.67 bits per heavy atom. The zero-order chi connectivity index (χ0) is 20.8. The van der Waals surface area contributed by atoms with Crippen molar-refractivity contribution in [3.8, 4) is 0 Å². The molecular formula is C25H30N4O. The fourth-order valence-corrected chi connectivity index (χ4v) is 4.44. The van der Waals surface area contributed by atoms with Crippen LogP contribution in [0.5, 0.6) is 0 Å². The summed E-state index contributed by atoms with van der Waals surface area (Å²) in [5, 5.41) is 7.30. The standard InChI is InChI=1S/C25H30N4O/c1-20(30)26-25-13-15-29(27-25)24-12-14-28(19-24)18-23(16-21-8-4-2-5-9-21)17-22-10-6-3-7-11-22/h2-11,13,15,23-24H,12,14,16-19H2,1H3,(H,26,27,30)/t24-/m1/s1.